The van der Waals surface area contributed by atoms with E-state index in [9.17, 15) is 5.11 Å². The van der Waals surface area contributed by atoms with Gasteiger partial charge in [-0.05, 0) is 42.3 Å². The van der Waals surface area contributed by atoms with E-state index in [4.69, 9.17) is 4.74 Å². The molecule has 2 aromatic rings. The fourth-order valence-corrected chi connectivity index (χ4v) is 1.95. The summed E-state index contributed by atoms with van der Waals surface area (Å²) in [5.41, 5.74) is 2.28. The molecule has 0 spiro atoms. The number of aromatic hydroxyl groups is 1. The van der Waals surface area contributed by atoms with Crippen molar-refractivity contribution in [2.24, 2.45) is 0 Å². The zero-order valence-corrected chi connectivity index (χ0v) is 11.3. The maximum atomic E-state index is 9.41. The number of hydrogen-bond acceptors (Lipinski definition) is 3. The van der Waals surface area contributed by atoms with Crippen LogP contribution in [0.5, 0.6) is 11.5 Å². The molecule has 0 aliphatic heterocycles. The van der Waals surface area contributed by atoms with Gasteiger partial charge in [-0.1, -0.05) is 24.3 Å². The summed E-state index contributed by atoms with van der Waals surface area (Å²) >= 11 is 0. The Labute approximate surface area is 113 Å². The summed E-state index contributed by atoms with van der Waals surface area (Å²) in [6.45, 7) is 2.84. The van der Waals surface area contributed by atoms with Crippen LogP contribution in [0.1, 0.15) is 24.1 Å². The molecule has 2 N–H and O–H groups in total. The van der Waals surface area contributed by atoms with Gasteiger partial charge in [0, 0.05) is 12.6 Å². The minimum Gasteiger partial charge on any atom is -0.508 e. The Morgan fingerprint density at radius 1 is 1.16 bits per heavy atom. The van der Waals surface area contributed by atoms with Crippen LogP contribution in [0.15, 0.2) is 48.5 Å². The molecule has 0 saturated carbocycles. The van der Waals surface area contributed by atoms with Crippen LogP contribution in [0.3, 0.4) is 0 Å². The molecule has 3 nitrogen and oxygen atoms in total. The number of rotatable bonds is 5. The lowest BCUT2D eigenvalue weighted by Crippen LogP contribution is -2.17. The number of ether oxygens (including phenoxy) is 1. The van der Waals surface area contributed by atoms with E-state index in [0.717, 1.165) is 17.9 Å². The van der Waals surface area contributed by atoms with Gasteiger partial charge in [-0.15, -0.1) is 0 Å². The average Bonchev–Trinajstić information content (AvgIpc) is 2.45. The number of phenolic OH excluding ortho intramolecular Hbond substituents is 1. The minimum atomic E-state index is 0.244. The highest BCUT2D eigenvalue weighted by Crippen LogP contribution is 2.18. The van der Waals surface area contributed by atoms with Crippen molar-refractivity contribution in [2.75, 3.05) is 7.11 Å². The highest BCUT2D eigenvalue weighted by Gasteiger charge is 2.05. The fraction of sp³-hybridized carbons (Fsp3) is 0.250. The Hall–Kier alpha value is -2.00. The molecular weight excluding hydrogens is 238 g/mol. The highest BCUT2D eigenvalue weighted by atomic mass is 16.5. The summed E-state index contributed by atoms with van der Waals surface area (Å²) in [6.07, 6.45) is 0. The van der Waals surface area contributed by atoms with Crippen molar-refractivity contribution in [3.05, 3.63) is 59.7 Å². The van der Waals surface area contributed by atoms with Gasteiger partial charge < -0.3 is 15.2 Å². The summed E-state index contributed by atoms with van der Waals surface area (Å²) in [5.74, 6) is 1.17. The molecule has 2 rings (SSSR count). The van der Waals surface area contributed by atoms with E-state index in [-0.39, 0.29) is 6.04 Å². The van der Waals surface area contributed by atoms with E-state index in [1.807, 2.05) is 24.3 Å². The molecule has 0 fully saturated rings. The Morgan fingerprint density at radius 2 is 1.89 bits per heavy atom. The van der Waals surface area contributed by atoms with Crippen molar-refractivity contribution in [1.29, 1.82) is 0 Å². The molecule has 1 atom stereocenters. The lowest BCUT2D eigenvalue weighted by atomic mass is 10.1. The molecule has 0 aromatic heterocycles. The van der Waals surface area contributed by atoms with Gasteiger partial charge in [0.15, 0.2) is 0 Å². The van der Waals surface area contributed by atoms with Crippen molar-refractivity contribution in [2.45, 2.75) is 19.5 Å². The van der Waals surface area contributed by atoms with E-state index >= 15 is 0 Å². The normalized spacial score (nSPS) is 12.1. The van der Waals surface area contributed by atoms with Gasteiger partial charge in [-0.3, -0.25) is 0 Å². The first-order valence-corrected chi connectivity index (χ1v) is 6.34. The lowest BCUT2D eigenvalue weighted by Gasteiger charge is -2.15. The predicted molar refractivity (Wildman–Crippen MR) is 76.4 cm³/mol. The largest absolute Gasteiger partial charge is 0.508 e. The van der Waals surface area contributed by atoms with Crippen LogP contribution in [0, 0.1) is 0 Å². The quantitative estimate of drug-likeness (QED) is 0.864. The number of benzene rings is 2. The third-order valence-electron chi connectivity index (χ3n) is 3.14. The molecule has 0 heterocycles. The fourth-order valence-electron chi connectivity index (χ4n) is 1.95. The van der Waals surface area contributed by atoms with Crippen LogP contribution in [0.2, 0.25) is 0 Å². The van der Waals surface area contributed by atoms with E-state index in [1.54, 1.807) is 19.2 Å². The van der Waals surface area contributed by atoms with Crippen LogP contribution >= 0.6 is 0 Å². The molecule has 0 unspecified atom stereocenters. The standard InChI is InChI=1S/C16H19NO2/c1-12(14-6-8-16(19-2)9-7-14)17-11-13-4-3-5-15(18)10-13/h3-10,12,17-18H,11H2,1-2H3/t12-/m0/s1. The molecule has 100 valence electrons. The number of hydrogen-bond donors (Lipinski definition) is 2. The number of methoxy groups -OCH3 is 1. The van der Waals surface area contributed by atoms with Crippen LogP contribution < -0.4 is 10.1 Å². The molecular formula is C16H19NO2. The first kappa shape index (κ1) is 13.4. The molecule has 0 aliphatic carbocycles. The molecule has 2 aromatic carbocycles. The molecule has 3 heteroatoms. The second-order valence-corrected chi connectivity index (χ2v) is 4.55. The van der Waals surface area contributed by atoms with Crippen molar-refractivity contribution >= 4 is 0 Å². The SMILES string of the molecule is COc1ccc([C@H](C)NCc2cccc(O)c2)cc1. The zero-order valence-electron chi connectivity index (χ0n) is 11.3. The van der Waals surface area contributed by atoms with E-state index in [1.165, 1.54) is 5.56 Å². The Kier molecular flexibility index (Phi) is 4.42. The van der Waals surface area contributed by atoms with E-state index < -0.39 is 0 Å². The molecule has 0 aliphatic rings. The average molecular weight is 257 g/mol. The second-order valence-electron chi connectivity index (χ2n) is 4.55. The van der Waals surface area contributed by atoms with Crippen molar-refractivity contribution < 1.29 is 9.84 Å². The first-order valence-electron chi connectivity index (χ1n) is 6.34. The Bertz CT molecular complexity index is 523. The molecule has 0 bridgehead atoms. The summed E-state index contributed by atoms with van der Waals surface area (Å²) in [7, 11) is 1.67. The zero-order chi connectivity index (χ0) is 13.7. The highest BCUT2D eigenvalue weighted by molar-refractivity contribution is 5.30. The minimum absolute atomic E-state index is 0.244. The van der Waals surface area contributed by atoms with Gasteiger partial charge in [-0.25, -0.2) is 0 Å². The number of phenols is 1. The topological polar surface area (TPSA) is 41.5 Å². The van der Waals surface area contributed by atoms with Gasteiger partial charge >= 0.3 is 0 Å². The van der Waals surface area contributed by atoms with Crippen molar-refractivity contribution in [1.82, 2.24) is 5.32 Å². The van der Waals surface area contributed by atoms with Crippen LogP contribution in [-0.2, 0) is 6.54 Å². The van der Waals surface area contributed by atoms with Crippen molar-refractivity contribution in [3.63, 3.8) is 0 Å². The monoisotopic (exact) mass is 257 g/mol. The first-order chi connectivity index (χ1) is 9.19. The summed E-state index contributed by atoms with van der Waals surface area (Å²) in [6, 6.07) is 15.6. The van der Waals surface area contributed by atoms with Gasteiger partial charge in [-0.2, -0.15) is 0 Å². The predicted octanol–water partition coefficient (Wildman–Crippen LogP) is 3.25. The van der Waals surface area contributed by atoms with E-state index in [2.05, 4.69) is 24.4 Å². The maximum Gasteiger partial charge on any atom is 0.118 e. The second kappa shape index (κ2) is 6.25. The molecule has 19 heavy (non-hydrogen) atoms. The van der Waals surface area contributed by atoms with Gasteiger partial charge in [0.25, 0.3) is 0 Å². The summed E-state index contributed by atoms with van der Waals surface area (Å²) in [4.78, 5) is 0. The third kappa shape index (κ3) is 3.73. The number of nitrogens with one attached hydrogen (secondary N) is 1. The van der Waals surface area contributed by atoms with Gasteiger partial charge in [0.1, 0.15) is 11.5 Å². The molecule has 0 amide bonds. The van der Waals surface area contributed by atoms with Crippen LogP contribution in [0.25, 0.3) is 0 Å². The summed E-state index contributed by atoms with van der Waals surface area (Å²) in [5, 5.41) is 12.8. The maximum absolute atomic E-state index is 9.41. The van der Waals surface area contributed by atoms with Crippen LogP contribution in [0.4, 0.5) is 0 Å². The van der Waals surface area contributed by atoms with Gasteiger partial charge in [0.05, 0.1) is 7.11 Å². The van der Waals surface area contributed by atoms with E-state index in [0.29, 0.717) is 5.75 Å². The smallest absolute Gasteiger partial charge is 0.118 e. The Morgan fingerprint density at radius 3 is 2.53 bits per heavy atom. The third-order valence-corrected chi connectivity index (χ3v) is 3.14. The molecule has 0 saturated heterocycles. The Balaban J connectivity index is 1.95. The summed E-state index contributed by atoms with van der Waals surface area (Å²) < 4.78 is 5.14. The lowest BCUT2D eigenvalue weighted by molar-refractivity contribution is 0.414. The molecule has 0 radical (unpaired) electrons. The van der Waals surface area contributed by atoms with Gasteiger partial charge in [0.2, 0.25) is 0 Å². The van der Waals surface area contributed by atoms with Crippen LogP contribution in [-0.4, -0.2) is 12.2 Å². The van der Waals surface area contributed by atoms with Crippen molar-refractivity contribution in [3.8, 4) is 11.5 Å².